The minimum absolute atomic E-state index is 0.0180. The van der Waals surface area contributed by atoms with Crippen LogP contribution in [0.5, 0.6) is 5.75 Å². The van der Waals surface area contributed by atoms with E-state index in [4.69, 9.17) is 10.00 Å². The Labute approximate surface area is 153 Å². The monoisotopic (exact) mass is 350 g/mol. The van der Waals surface area contributed by atoms with Gasteiger partial charge in [-0.2, -0.15) is 10.4 Å². The number of ether oxygens (including phenoxy) is 1. The van der Waals surface area contributed by atoms with Crippen molar-refractivity contribution < 1.29 is 9.53 Å². The molecular weight excluding hydrogens is 328 g/mol. The van der Waals surface area contributed by atoms with Gasteiger partial charge in [-0.25, -0.2) is 0 Å². The highest BCUT2D eigenvalue weighted by Crippen LogP contribution is 2.43. The molecule has 1 saturated carbocycles. The van der Waals surface area contributed by atoms with Gasteiger partial charge in [0.05, 0.1) is 17.9 Å². The Kier molecular flexibility index (Phi) is 4.15. The van der Waals surface area contributed by atoms with Crippen LogP contribution in [0.4, 0.5) is 5.69 Å². The standard InChI is InChI=1S/C20H22N4O2/c1-13-3-6-18-19(24(13)14(2)25)8-7-17(20(18)26-10-9-21)15-11-22-23(12-15)16-4-5-16/h7-8,11-13,16H,3-6,10H2,1-2H3. The lowest BCUT2D eigenvalue weighted by Gasteiger charge is -2.35. The van der Waals surface area contributed by atoms with Gasteiger partial charge in [0, 0.05) is 35.9 Å². The zero-order chi connectivity index (χ0) is 18.3. The second-order valence-corrected chi connectivity index (χ2v) is 7.10. The lowest BCUT2D eigenvalue weighted by atomic mass is 9.92. The van der Waals surface area contributed by atoms with Gasteiger partial charge >= 0.3 is 0 Å². The van der Waals surface area contributed by atoms with Crippen LogP contribution in [-0.4, -0.2) is 28.3 Å². The van der Waals surface area contributed by atoms with Gasteiger partial charge in [0.15, 0.2) is 6.61 Å². The van der Waals surface area contributed by atoms with Crippen molar-refractivity contribution in [3.63, 3.8) is 0 Å². The lowest BCUT2D eigenvalue weighted by Crippen LogP contribution is -2.40. The molecule has 0 bridgehead atoms. The highest BCUT2D eigenvalue weighted by atomic mass is 16.5. The number of anilines is 1. The number of nitrogens with zero attached hydrogens (tertiary/aromatic N) is 4. The van der Waals surface area contributed by atoms with Crippen LogP contribution >= 0.6 is 0 Å². The minimum Gasteiger partial charge on any atom is -0.478 e. The number of benzene rings is 1. The summed E-state index contributed by atoms with van der Waals surface area (Å²) in [5, 5.41) is 13.5. The Bertz CT molecular complexity index is 892. The largest absolute Gasteiger partial charge is 0.478 e. The molecule has 6 heteroatoms. The molecule has 2 aromatic rings. The summed E-state index contributed by atoms with van der Waals surface area (Å²) < 4.78 is 7.86. The predicted octanol–water partition coefficient (Wildman–Crippen LogP) is 3.47. The van der Waals surface area contributed by atoms with Crippen LogP contribution in [-0.2, 0) is 11.2 Å². The maximum Gasteiger partial charge on any atom is 0.224 e. The number of hydrogen-bond donors (Lipinski definition) is 0. The molecule has 0 radical (unpaired) electrons. The maximum atomic E-state index is 12.2. The topological polar surface area (TPSA) is 71.2 Å². The lowest BCUT2D eigenvalue weighted by molar-refractivity contribution is -0.117. The highest BCUT2D eigenvalue weighted by molar-refractivity contribution is 5.95. The van der Waals surface area contributed by atoms with E-state index in [-0.39, 0.29) is 18.6 Å². The van der Waals surface area contributed by atoms with E-state index in [0.717, 1.165) is 35.2 Å². The Balaban J connectivity index is 1.81. The maximum absolute atomic E-state index is 12.2. The highest BCUT2D eigenvalue weighted by Gasteiger charge is 2.30. The SMILES string of the molecule is CC(=O)N1c2ccc(-c3cnn(C4CC4)c3)c(OCC#N)c2CCC1C. The molecule has 134 valence electrons. The Hall–Kier alpha value is -2.81. The number of aromatic nitrogens is 2. The fourth-order valence-electron chi connectivity index (χ4n) is 3.80. The van der Waals surface area contributed by atoms with E-state index in [2.05, 4.69) is 18.1 Å². The van der Waals surface area contributed by atoms with Crippen LogP contribution < -0.4 is 9.64 Å². The van der Waals surface area contributed by atoms with Crippen molar-refractivity contribution in [2.24, 2.45) is 0 Å². The summed E-state index contributed by atoms with van der Waals surface area (Å²) in [5.41, 5.74) is 3.82. The van der Waals surface area contributed by atoms with E-state index in [1.807, 2.05) is 34.1 Å². The molecule has 1 atom stereocenters. The molecule has 1 aliphatic carbocycles. The third-order valence-corrected chi connectivity index (χ3v) is 5.20. The molecular formula is C20H22N4O2. The van der Waals surface area contributed by atoms with Crippen LogP contribution in [0.2, 0.25) is 0 Å². The molecule has 0 N–H and O–H groups in total. The van der Waals surface area contributed by atoms with Gasteiger partial charge in [0.1, 0.15) is 11.8 Å². The van der Waals surface area contributed by atoms with E-state index in [1.54, 1.807) is 6.92 Å². The number of hydrogen-bond acceptors (Lipinski definition) is 4. The minimum atomic E-state index is -0.0180. The molecule has 0 saturated heterocycles. The number of amides is 1. The molecule has 1 aromatic heterocycles. The summed E-state index contributed by atoms with van der Waals surface area (Å²) in [5.74, 6) is 0.733. The fraction of sp³-hybridized carbons (Fsp3) is 0.450. The van der Waals surface area contributed by atoms with Gasteiger partial charge in [-0.3, -0.25) is 9.48 Å². The molecule has 6 nitrogen and oxygen atoms in total. The summed E-state index contributed by atoms with van der Waals surface area (Å²) in [6.07, 6.45) is 7.95. The van der Waals surface area contributed by atoms with E-state index in [9.17, 15) is 4.79 Å². The van der Waals surface area contributed by atoms with Crippen LogP contribution in [0, 0.1) is 11.3 Å². The van der Waals surface area contributed by atoms with Crippen molar-refractivity contribution in [2.75, 3.05) is 11.5 Å². The molecule has 4 rings (SSSR count). The average Bonchev–Trinajstić information content (AvgIpc) is 3.36. The van der Waals surface area contributed by atoms with Crippen LogP contribution in [0.3, 0.4) is 0 Å². The predicted molar refractivity (Wildman–Crippen MR) is 98.0 cm³/mol. The van der Waals surface area contributed by atoms with Crippen molar-refractivity contribution in [1.29, 1.82) is 5.26 Å². The van der Waals surface area contributed by atoms with Gasteiger partial charge in [-0.1, -0.05) is 0 Å². The third kappa shape index (κ3) is 2.84. The molecule has 1 fully saturated rings. The summed E-state index contributed by atoms with van der Waals surface area (Å²) in [6.45, 7) is 3.64. The van der Waals surface area contributed by atoms with Crippen molar-refractivity contribution in [1.82, 2.24) is 9.78 Å². The Morgan fingerprint density at radius 2 is 2.19 bits per heavy atom. The fourth-order valence-corrected chi connectivity index (χ4v) is 3.80. The first-order valence-electron chi connectivity index (χ1n) is 9.10. The smallest absolute Gasteiger partial charge is 0.224 e. The zero-order valence-electron chi connectivity index (χ0n) is 15.1. The first kappa shape index (κ1) is 16.6. The van der Waals surface area contributed by atoms with Gasteiger partial charge in [-0.15, -0.1) is 0 Å². The molecule has 1 aromatic carbocycles. The number of nitriles is 1. The van der Waals surface area contributed by atoms with Crippen molar-refractivity contribution in [3.8, 4) is 22.9 Å². The first-order chi connectivity index (χ1) is 12.6. The van der Waals surface area contributed by atoms with Crippen molar-refractivity contribution in [3.05, 3.63) is 30.1 Å². The van der Waals surface area contributed by atoms with Crippen LogP contribution in [0.15, 0.2) is 24.5 Å². The van der Waals surface area contributed by atoms with Gasteiger partial charge in [-0.05, 0) is 44.7 Å². The molecule has 2 heterocycles. The van der Waals surface area contributed by atoms with E-state index in [1.165, 1.54) is 12.8 Å². The molecule has 26 heavy (non-hydrogen) atoms. The van der Waals surface area contributed by atoms with E-state index >= 15 is 0 Å². The van der Waals surface area contributed by atoms with Crippen molar-refractivity contribution >= 4 is 11.6 Å². The zero-order valence-corrected chi connectivity index (χ0v) is 15.1. The number of rotatable bonds is 4. The molecule has 2 aliphatic rings. The average molecular weight is 350 g/mol. The number of fused-ring (bicyclic) bond motifs is 1. The van der Waals surface area contributed by atoms with Crippen LogP contribution in [0.25, 0.3) is 11.1 Å². The first-order valence-corrected chi connectivity index (χ1v) is 9.10. The summed E-state index contributed by atoms with van der Waals surface area (Å²) in [7, 11) is 0. The summed E-state index contributed by atoms with van der Waals surface area (Å²) in [4.78, 5) is 14.0. The Morgan fingerprint density at radius 1 is 1.38 bits per heavy atom. The molecule has 1 amide bonds. The van der Waals surface area contributed by atoms with Crippen LogP contribution in [0.1, 0.15) is 44.7 Å². The quantitative estimate of drug-likeness (QED) is 0.846. The molecule has 1 unspecified atom stereocenters. The second-order valence-electron chi connectivity index (χ2n) is 7.10. The Morgan fingerprint density at radius 3 is 2.88 bits per heavy atom. The van der Waals surface area contributed by atoms with Gasteiger partial charge in [0.25, 0.3) is 0 Å². The van der Waals surface area contributed by atoms with Gasteiger partial charge < -0.3 is 9.64 Å². The van der Waals surface area contributed by atoms with Gasteiger partial charge in [0.2, 0.25) is 5.91 Å². The molecule has 1 aliphatic heterocycles. The summed E-state index contributed by atoms with van der Waals surface area (Å²) in [6, 6.07) is 6.70. The van der Waals surface area contributed by atoms with Crippen molar-refractivity contribution in [2.45, 2.75) is 51.6 Å². The number of carbonyl (C=O) groups is 1. The van der Waals surface area contributed by atoms with E-state index < -0.39 is 0 Å². The summed E-state index contributed by atoms with van der Waals surface area (Å²) >= 11 is 0. The molecule has 0 spiro atoms. The van der Waals surface area contributed by atoms with E-state index in [0.29, 0.717) is 11.8 Å². The normalized spacial score (nSPS) is 19.0. The number of carbonyl (C=O) groups excluding carboxylic acids is 1. The third-order valence-electron chi connectivity index (χ3n) is 5.20. The second kappa shape index (κ2) is 6.49.